The fourth-order valence-electron chi connectivity index (χ4n) is 1.05. The third kappa shape index (κ3) is 2.63. The number of nitriles is 1. The van der Waals surface area contributed by atoms with E-state index in [2.05, 4.69) is 17.2 Å². The molecule has 0 fully saturated rings. The van der Waals surface area contributed by atoms with Gasteiger partial charge in [-0.3, -0.25) is 0 Å². The third-order valence-corrected chi connectivity index (χ3v) is 1.87. The van der Waals surface area contributed by atoms with E-state index in [4.69, 9.17) is 11.0 Å². The van der Waals surface area contributed by atoms with Gasteiger partial charge < -0.3 is 11.1 Å². The van der Waals surface area contributed by atoms with Gasteiger partial charge in [0.1, 0.15) is 11.9 Å². The van der Waals surface area contributed by atoms with E-state index in [0.717, 1.165) is 19.4 Å². The molecule has 3 N–H and O–H groups in total. The van der Waals surface area contributed by atoms with Gasteiger partial charge in [-0.15, -0.1) is 0 Å². The van der Waals surface area contributed by atoms with Crippen molar-refractivity contribution in [3.63, 3.8) is 0 Å². The second-order valence-corrected chi connectivity index (χ2v) is 3.03. The van der Waals surface area contributed by atoms with Gasteiger partial charge in [0, 0.05) is 6.54 Å². The second kappa shape index (κ2) is 5.07. The average molecular weight is 190 g/mol. The predicted molar refractivity (Wildman–Crippen MR) is 56.8 cm³/mol. The quantitative estimate of drug-likeness (QED) is 0.709. The summed E-state index contributed by atoms with van der Waals surface area (Å²) in [5.41, 5.74) is 6.25. The Morgan fingerprint density at radius 2 is 2.36 bits per heavy atom. The van der Waals surface area contributed by atoms with E-state index in [1.807, 2.05) is 6.07 Å². The summed E-state index contributed by atoms with van der Waals surface area (Å²) in [4.78, 5) is 4.07. The van der Waals surface area contributed by atoms with Gasteiger partial charge in [-0.05, 0) is 18.6 Å². The van der Waals surface area contributed by atoms with E-state index < -0.39 is 0 Å². The van der Waals surface area contributed by atoms with Crippen molar-refractivity contribution < 1.29 is 0 Å². The Bertz CT molecular complexity index is 340. The molecule has 4 nitrogen and oxygen atoms in total. The Morgan fingerprint density at radius 1 is 1.57 bits per heavy atom. The van der Waals surface area contributed by atoms with Crippen molar-refractivity contribution in [1.82, 2.24) is 4.98 Å². The number of nitrogens with two attached hydrogens (primary N) is 1. The lowest BCUT2D eigenvalue weighted by molar-refractivity contribution is 0.831. The highest BCUT2D eigenvalue weighted by atomic mass is 15.0. The zero-order valence-corrected chi connectivity index (χ0v) is 8.25. The summed E-state index contributed by atoms with van der Waals surface area (Å²) in [6.45, 7) is 3.00. The fraction of sp³-hybridized carbons (Fsp3) is 0.400. The molecule has 0 bridgehead atoms. The van der Waals surface area contributed by atoms with Crippen LogP contribution in [0.2, 0.25) is 0 Å². The molecule has 0 atom stereocenters. The SMILES string of the molecule is CCCCNc1ccc(N)c(C#N)n1. The number of nitrogens with zero attached hydrogens (tertiary/aromatic N) is 2. The van der Waals surface area contributed by atoms with Crippen LogP contribution in [0.4, 0.5) is 11.5 Å². The highest BCUT2D eigenvalue weighted by molar-refractivity contribution is 5.54. The van der Waals surface area contributed by atoms with Crippen molar-refractivity contribution >= 4 is 11.5 Å². The number of nitrogens with one attached hydrogen (secondary N) is 1. The standard InChI is InChI=1S/C10H14N4/c1-2-3-6-13-10-5-4-8(12)9(7-11)14-10/h4-5H,2-3,6,12H2,1H3,(H,13,14). The van der Waals surface area contributed by atoms with Crippen LogP contribution in [0.1, 0.15) is 25.5 Å². The first-order chi connectivity index (χ1) is 6.77. The number of aromatic nitrogens is 1. The molecule has 0 saturated heterocycles. The number of anilines is 2. The molecular formula is C10H14N4. The van der Waals surface area contributed by atoms with Crippen LogP contribution in [-0.4, -0.2) is 11.5 Å². The van der Waals surface area contributed by atoms with Gasteiger partial charge >= 0.3 is 0 Å². The molecule has 0 amide bonds. The Balaban J connectivity index is 2.66. The lowest BCUT2D eigenvalue weighted by Gasteiger charge is -2.05. The maximum atomic E-state index is 8.69. The summed E-state index contributed by atoms with van der Waals surface area (Å²) < 4.78 is 0. The topological polar surface area (TPSA) is 74.7 Å². The van der Waals surface area contributed by atoms with Gasteiger partial charge in [-0.1, -0.05) is 13.3 Å². The molecule has 0 aromatic carbocycles. The molecular weight excluding hydrogens is 176 g/mol. The molecule has 0 spiro atoms. The molecule has 0 aliphatic heterocycles. The molecule has 0 saturated carbocycles. The molecule has 74 valence electrons. The molecule has 14 heavy (non-hydrogen) atoms. The Hall–Kier alpha value is -1.76. The average Bonchev–Trinajstić information content (AvgIpc) is 2.21. The van der Waals surface area contributed by atoms with Crippen LogP contribution >= 0.6 is 0 Å². The lowest BCUT2D eigenvalue weighted by atomic mass is 10.3. The minimum atomic E-state index is 0.284. The minimum absolute atomic E-state index is 0.284. The van der Waals surface area contributed by atoms with Crippen LogP contribution in [-0.2, 0) is 0 Å². The molecule has 0 radical (unpaired) electrons. The molecule has 1 rings (SSSR count). The molecule has 0 aliphatic carbocycles. The molecule has 4 heteroatoms. The van der Waals surface area contributed by atoms with Crippen LogP contribution in [0.5, 0.6) is 0 Å². The summed E-state index contributed by atoms with van der Waals surface area (Å²) in [6.07, 6.45) is 2.22. The van der Waals surface area contributed by atoms with Crippen LogP contribution in [0, 0.1) is 11.3 Å². The lowest BCUT2D eigenvalue weighted by Crippen LogP contribution is -2.04. The zero-order chi connectivity index (χ0) is 10.4. The van der Waals surface area contributed by atoms with Crippen molar-refractivity contribution in [2.24, 2.45) is 0 Å². The molecule has 0 aliphatic rings. The van der Waals surface area contributed by atoms with E-state index in [1.54, 1.807) is 12.1 Å². The summed E-state index contributed by atoms with van der Waals surface area (Å²) >= 11 is 0. The van der Waals surface area contributed by atoms with Crippen molar-refractivity contribution in [2.75, 3.05) is 17.6 Å². The first-order valence-corrected chi connectivity index (χ1v) is 4.68. The number of pyridine rings is 1. The molecule has 1 aromatic rings. The third-order valence-electron chi connectivity index (χ3n) is 1.87. The van der Waals surface area contributed by atoms with Gasteiger partial charge in [0.2, 0.25) is 0 Å². The number of nitrogen functional groups attached to an aromatic ring is 1. The number of unbranched alkanes of at least 4 members (excludes halogenated alkanes) is 1. The van der Waals surface area contributed by atoms with E-state index in [1.165, 1.54) is 0 Å². The largest absolute Gasteiger partial charge is 0.396 e. The van der Waals surface area contributed by atoms with E-state index >= 15 is 0 Å². The monoisotopic (exact) mass is 190 g/mol. The summed E-state index contributed by atoms with van der Waals surface area (Å²) in [5, 5.41) is 11.8. The van der Waals surface area contributed by atoms with E-state index in [-0.39, 0.29) is 5.69 Å². The fourth-order valence-corrected chi connectivity index (χ4v) is 1.05. The normalized spacial score (nSPS) is 9.43. The minimum Gasteiger partial charge on any atom is -0.396 e. The van der Waals surface area contributed by atoms with Gasteiger partial charge in [-0.2, -0.15) is 5.26 Å². The first kappa shape index (κ1) is 10.3. The van der Waals surface area contributed by atoms with Gasteiger partial charge in [0.25, 0.3) is 0 Å². The Morgan fingerprint density at radius 3 is 3.00 bits per heavy atom. The summed E-state index contributed by atoms with van der Waals surface area (Å²) in [5.74, 6) is 0.712. The first-order valence-electron chi connectivity index (χ1n) is 4.68. The second-order valence-electron chi connectivity index (χ2n) is 3.03. The number of hydrogen-bond donors (Lipinski definition) is 2. The summed E-state index contributed by atoms with van der Waals surface area (Å²) in [6, 6.07) is 5.43. The Kier molecular flexibility index (Phi) is 3.74. The number of hydrogen-bond acceptors (Lipinski definition) is 4. The van der Waals surface area contributed by atoms with Crippen molar-refractivity contribution in [2.45, 2.75) is 19.8 Å². The van der Waals surface area contributed by atoms with Gasteiger partial charge in [-0.25, -0.2) is 4.98 Å². The molecule has 0 unspecified atom stereocenters. The van der Waals surface area contributed by atoms with E-state index in [0.29, 0.717) is 11.5 Å². The zero-order valence-electron chi connectivity index (χ0n) is 8.25. The van der Waals surface area contributed by atoms with Gasteiger partial charge in [0.05, 0.1) is 5.69 Å². The highest BCUT2D eigenvalue weighted by Crippen LogP contribution is 2.11. The Labute approximate surface area is 83.8 Å². The van der Waals surface area contributed by atoms with Gasteiger partial charge in [0.15, 0.2) is 5.69 Å². The van der Waals surface area contributed by atoms with Crippen LogP contribution in [0.3, 0.4) is 0 Å². The van der Waals surface area contributed by atoms with Crippen molar-refractivity contribution in [3.05, 3.63) is 17.8 Å². The highest BCUT2D eigenvalue weighted by Gasteiger charge is 2.00. The maximum Gasteiger partial charge on any atom is 0.165 e. The summed E-state index contributed by atoms with van der Waals surface area (Å²) in [7, 11) is 0. The molecule has 1 heterocycles. The maximum absolute atomic E-state index is 8.69. The van der Waals surface area contributed by atoms with Crippen LogP contribution in [0.25, 0.3) is 0 Å². The van der Waals surface area contributed by atoms with E-state index in [9.17, 15) is 0 Å². The smallest absolute Gasteiger partial charge is 0.165 e. The van der Waals surface area contributed by atoms with Crippen LogP contribution < -0.4 is 11.1 Å². The van der Waals surface area contributed by atoms with Crippen LogP contribution in [0.15, 0.2) is 12.1 Å². The van der Waals surface area contributed by atoms with Crippen molar-refractivity contribution in [3.8, 4) is 6.07 Å². The number of rotatable bonds is 4. The predicted octanol–water partition coefficient (Wildman–Crippen LogP) is 1.75. The molecule has 1 aromatic heterocycles. The van der Waals surface area contributed by atoms with Crippen molar-refractivity contribution in [1.29, 1.82) is 5.26 Å².